The van der Waals surface area contributed by atoms with Gasteiger partial charge >= 0.3 is 0 Å². The van der Waals surface area contributed by atoms with E-state index in [0.29, 0.717) is 17.9 Å². The molecule has 0 bridgehead atoms. The number of nitrogens with zero attached hydrogens (tertiary/aromatic N) is 1. The maximum Gasteiger partial charge on any atom is 0.237 e. The van der Waals surface area contributed by atoms with Gasteiger partial charge in [0.15, 0.2) is 0 Å². The van der Waals surface area contributed by atoms with Crippen LogP contribution in [0.5, 0.6) is 0 Å². The van der Waals surface area contributed by atoms with Crippen molar-refractivity contribution in [2.45, 2.75) is 66.0 Å². The summed E-state index contributed by atoms with van der Waals surface area (Å²) in [6, 6.07) is 0.479. The number of amides is 1. The molecule has 21 heavy (non-hydrogen) atoms. The van der Waals surface area contributed by atoms with Crippen molar-refractivity contribution in [1.82, 2.24) is 15.5 Å². The lowest BCUT2D eigenvalue weighted by Gasteiger charge is -2.39. The van der Waals surface area contributed by atoms with Gasteiger partial charge in [-0.1, -0.05) is 34.1 Å². The predicted molar refractivity (Wildman–Crippen MR) is 89.4 cm³/mol. The smallest absolute Gasteiger partial charge is 0.237 e. The Balaban J connectivity index is 2.48. The highest BCUT2D eigenvalue weighted by Gasteiger charge is 2.29. The number of rotatable bonds is 8. The molecule has 0 aromatic carbocycles. The second kappa shape index (κ2) is 9.42. The fourth-order valence-electron chi connectivity index (χ4n) is 2.89. The van der Waals surface area contributed by atoms with Crippen LogP contribution in [0.15, 0.2) is 0 Å². The van der Waals surface area contributed by atoms with Crippen molar-refractivity contribution in [3.8, 4) is 0 Å². The van der Waals surface area contributed by atoms with Gasteiger partial charge in [0.1, 0.15) is 0 Å². The van der Waals surface area contributed by atoms with Crippen molar-refractivity contribution >= 4 is 5.91 Å². The molecule has 1 amide bonds. The average molecular weight is 297 g/mol. The minimum atomic E-state index is -0.0186. The fourth-order valence-corrected chi connectivity index (χ4v) is 2.89. The highest BCUT2D eigenvalue weighted by Crippen LogP contribution is 2.19. The van der Waals surface area contributed by atoms with Crippen molar-refractivity contribution in [2.24, 2.45) is 11.8 Å². The Kier molecular flexibility index (Phi) is 8.27. The molecule has 0 aromatic heterocycles. The Bertz CT molecular complexity index is 304. The molecule has 1 aliphatic rings. The summed E-state index contributed by atoms with van der Waals surface area (Å²) in [5.74, 6) is 1.36. The summed E-state index contributed by atoms with van der Waals surface area (Å²) in [6.45, 7) is 14.6. The number of nitrogens with one attached hydrogen (secondary N) is 2. The molecule has 4 heteroatoms. The Hall–Kier alpha value is -0.610. The summed E-state index contributed by atoms with van der Waals surface area (Å²) in [5, 5.41) is 6.63. The molecule has 2 atom stereocenters. The molecule has 0 radical (unpaired) electrons. The van der Waals surface area contributed by atoms with Gasteiger partial charge in [-0.25, -0.2) is 0 Å². The van der Waals surface area contributed by atoms with E-state index < -0.39 is 0 Å². The first-order valence-corrected chi connectivity index (χ1v) is 8.66. The van der Waals surface area contributed by atoms with Crippen molar-refractivity contribution in [2.75, 3.05) is 26.2 Å². The van der Waals surface area contributed by atoms with Crippen LogP contribution in [-0.4, -0.2) is 49.1 Å². The van der Waals surface area contributed by atoms with Crippen LogP contribution in [0.4, 0.5) is 0 Å². The van der Waals surface area contributed by atoms with Crippen LogP contribution in [0.3, 0.4) is 0 Å². The van der Waals surface area contributed by atoms with Crippen LogP contribution in [0.1, 0.15) is 53.9 Å². The largest absolute Gasteiger partial charge is 0.354 e. The molecular weight excluding hydrogens is 262 g/mol. The van der Waals surface area contributed by atoms with Crippen molar-refractivity contribution < 1.29 is 4.79 Å². The van der Waals surface area contributed by atoms with Crippen molar-refractivity contribution in [1.29, 1.82) is 0 Å². The van der Waals surface area contributed by atoms with Crippen LogP contribution in [0, 0.1) is 11.8 Å². The second-order valence-electron chi connectivity index (χ2n) is 7.25. The van der Waals surface area contributed by atoms with Gasteiger partial charge in [-0.15, -0.1) is 0 Å². The summed E-state index contributed by atoms with van der Waals surface area (Å²) in [4.78, 5) is 14.7. The molecule has 0 aromatic rings. The van der Waals surface area contributed by atoms with Crippen molar-refractivity contribution in [3.05, 3.63) is 0 Å². The normalized spacial score (nSPS) is 21.8. The molecule has 124 valence electrons. The minimum absolute atomic E-state index is 0.0186. The maximum atomic E-state index is 12.3. The number of hydrogen-bond acceptors (Lipinski definition) is 3. The fraction of sp³-hybridized carbons (Fsp3) is 0.941. The first-order chi connectivity index (χ1) is 9.91. The predicted octanol–water partition coefficient (Wildman–Crippen LogP) is 2.25. The van der Waals surface area contributed by atoms with Crippen LogP contribution < -0.4 is 10.6 Å². The molecule has 0 saturated carbocycles. The lowest BCUT2D eigenvalue weighted by molar-refractivity contribution is -0.127. The van der Waals surface area contributed by atoms with Crippen molar-refractivity contribution in [3.63, 3.8) is 0 Å². The number of carbonyl (C=O) groups excluding carboxylic acids is 1. The number of likely N-dealkylation sites (tertiary alicyclic amines) is 1. The van der Waals surface area contributed by atoms with E-state index in [1.165, 1.54) is 19.3 Å². The molecule has 0 aliphatic carbocycles. The van der Waals surface area contributed by atoms with Gasteiger partial charge in [0.05, 0.1) is 6.04 Å². The molecule has 1 heterocycles. The van der Waals surface area contributed by atoms with Gasteiger partial charge in [0.25, 0.3) is 0 Å². The van der Waals surface area contributed by atoms with Gasteiger partial charge < -0.3 is 10.6 Å². The third kappa shape index (κ3) is 6.79. The Morgan fingerprint density at radius 2 is 1.76 bits per heavy atom. The standard InChI is InChI=1S/C17H35N3O/c1-13(2)10-18-12-16-8-6-7-9-20(16)15(5)17(21)19-11-14(3)4/h13-16,18H,6-12H2,1-5H3,(H,19,21). The zero-order chi connectivity index (χ0) is 15.8. The Morgan fingerprint density at radius 1 is 1.10 bits per heavy atom. The minimum Gasteiger partial charge on any atom is -0.354 e. The monoisotopic (exact) mass is 297 g/mol. The highest BCUT2D eigenvalue weighted by molar-refractivity contribution is 5.81. The maximum absolute atomic E-state index is 12.3. The molecule has 1 saturated heterocycles. The Labute approximate surface area is 131 Å². The van der Waals surface area contributed by atoms with Crippen LogP contribution in [-0.2, 0) is 4.79 Å². The molecule has 1 aliphatic heterocycles. The molecule has 1 fully saturated rings. The summed E-state index contributed by atoms with van der Waals surface area (Å²) >= 11 is 0. The van der Waals surface area contributed by atoms with E-state index in [1.54, 1.807) is 0 Å². The number of piperidine rings is 1. The van der Waals surface area contributed by atoms with Crippen LogP contribution in [0.2, 0.25) is 0 Å². The topological polar surface area (TPSA) is 44.4 Å². The third-order valence-electron chi connectivity index (χ3n) is 4.17. The number of carbonyl (C=O) groups is 1. The Morgan fingerprint density at radius 3 is 2.38 bits per heavy atom. The zero-order valence-corrected chi connectivity index (χ0v) is 14.6. The molecule has 1 rings (SSSR count). The first-order valence-electron chi connectivity index (χ1n) is 8.66. The van der Waals surface area contributed by atoms with E-state index in [4.69, 9.17) is 0 Å². The summed E-state index contributed by atoms with van der Waals surface area (Å²) in [7, 11) is 0. The zero-order valence-electron chi connectivity index (χ0n) is 14.6. The molecular formula is C17H35N3O. The second-order valence-corrected chi connectivity index (χ2v) is 7.25. The van der Waals surface area contributed by atoms with Gasteiger partial charge in [-0.2, -0.15) is 0 Å². The summed E-state index contributed by atoms with van der Waals surface area (Å²) in [6.07, 6.45) is 3.69. The molecule has 2 unspecified atom stereocenters. The quantitative estimate of drug-likeness (QED) is 0.722. The van der Waals surface area contributed by atoms with Gasteiger partial charge in [-0.3, -0.25) is 9.69 Å². The molecule has 4 nitrogen and oxygen atoms in total. The lowest BCUT2D eigenvalue weighted by Crippen LogP contribution is -2.54. The lowest BCUT2D eigenvalue weighted by atomic mass is 9.99. The third-order valence-corrected chi connectivity index (χ3v) is 4.17. The van der Waals surface area contributed by atoms with E-state index in [-0.39, 0.29) is 11.9 Å². The average Bonchev–Trinajstić information content (AvgIpc) is 2.44. The van der Waals surface area contributed by atoms with Gasteiger partial charge in [0.2, 0.25) is 5.91 Å². The van der Waals surface area contributed by atoms with E-state index in [1.807, 2.05) is 0 Å². The van der Waals surface area contributed by atoms with E-state index >= 15 is 0 Å². The summed E-state index contributed by atoms with van der Waals surface area (Å²) in [5.41, 5.74) is 0. The first kappa shape index (κ1) is 18.4. The SMILES string of the molecule is CC(C)CNCC1CCCCN1C(C)C(=O)NCC(C)C. The summed E-state index contributed by atoms with van der Waals surface area (Å²) < 4.78 is 0. The molecule has 2 N–H and O–H groups in total. The van der Waals surface area contributed by atoms with E-state index in [2.05, 4.69) is 50.2 Å². The number of hydrogen-bond donors (Lipinski definition) is 2. The molecule has 0 spiro atoms. The van der Waals surface area contributed by atoms with Gasteiger partial charge in [-0.05, 0) is 44.7 Å². The highest BCUT2D eigenvalue weighted by atomic mass is 16.2. The van der Waals surface area contributed by atoms with E-state index in [0.717, 1.165) is 26.2 Å². The van der Waals surface area contributed by atoms with E-state index in [9.17, 15) is 4.79 Å². The van der Waals surface area contributed by atoms with Crippen LogP contribution >= 0.6 is 0 Å². The van der Waals surface area contributed by atoms with Gasteiger partial charge in [0, 0.05) is 19.1 Å². The van der Waals surface area contributed by atoms with Crippen LogP contribution in [0.25, 0.3) is 0 Å².